The van der Waals surface area contributed by atoms with Crippen molar-refractivity contribution in [1.82, 2.24) is 0 Å². The van der Waals surface area contributed by atoms with Gasteiger partial charge in [0.05, 0.1) is 0 Å². The molecule has 1 fully saturated rings. The van der Waals surface area contributed by atoms with Gasteiger partial charge >= 0.3 is 0 Å². The molecule has 1 aliphatic heterocycles. The minimum Gasteiger partial charge on any atom is -0.396 e. The van der Waals surface area contributed by atoms with Gasteiger partial charge in [0.25, 0.3) is 0 Å². The number of aliphatic hydroxyl groups excluding tert-OH is 1. The van der Waals surface area contributed by atoms with Crippen molar-refractivity contribution in [3.8, 4) is 0 Å². The van der Waals surface area contributed by atoms with Gasteiger partial charge in [0.1, 0.15) is 5.82 Å². The SMILES string of the molecule is OCCC1CCN(c2cccc(F)c2)C1. The summed E-state index contributed by atoms with van der Waals surface area (Å²) in [6.45, 7) is 2.15. The molecule has 3 heteroatoms. The zero-order chi connectivity index (χ0) is 10.7. The summed E-state index contributed by atoms with van der Waals surface area (Å²) in [5.41, 5.74) is 0.954. The van der Waals surface area contributed by atoms with Crippen molar-refractivity contribution in [2.45, 2.75) is 12.8 Å². The third-order valence-electron chi connectivity index (χ3n) is 3.00. The highest BCUT2D eigenvalue weighted by Crippen LogP contribution is 2.25. The molecule has 2 rings (SSSR count). The summed E-state index contributed by atoms with van der Waals surface area (Å²) in [6, 6.07) is 6.71. The Balaban J connectivity index is 2.01. The summed E-state index contributed by atoms with van der Waals surface area (Å²) in [4.78, 5) is 2.18. The Kier molecular flexibility index (Phi) is 3.21. The van der Waals surface area contributed by atoms with Crippen LogP contribution in [-0.2, 0) is 0 Å². The number of hydrogen-bond acceptors (Lipinski definition) is 2. The van der Waals surface area contributed by atoms with Gasteiger partial charge in [0.15, 0.2) is 0 Å². The minimum absolute atomic E-state index is 0.182. The molecule has 82 valence electrons. The van der Waals surface area contributed by atoms with E-state index in [0.717, 1.165) is 31.6 Å². The molecule has 1 aromatic rings. The fraction of sp³-hybridized carbons (Fsp3) is 0.500. The molecule has 0 bridgehead atoms. The van der Waals surface area contributed by atoms with Crippen LogP contribution in [0.5, 0.6) is 0 Å². The van der Waals surface area contributed by atoms with Gasteiger partial charge in [-0.25, -0.2) is 4.39 Å². The first kappa shape index (κ1) is 10.4. The average molecular weight is 209 g/mol. The molecule has 0 saturated carbocycles. The molecule has 0 aromatic heterocycles. The van der Waals surface area contributed by atoms with Gasteiger partial charge in [-0.1, -0.05) is 6.07 Å². The Morgan fingerprint density at radius 2 is 2.33 bits per heavy atom. The second-order valence-electron chi connectivity index (χ2n) is 4.09. The summed E-state index contributed by atoms with van der Waals surface area (Å²) in [5, 5.41) is 8.85. The van der Waals surface area contributed by atoms with Crippen molar-refractivity contribution < 1.29 is 9.50 Å². The summed E-state index contributed by atoms with van der Waals surface area (Å²) in [7, 11) is 0. The lowest BCUT2D eigenvalue weighted by Gasteiger charge is -2.18. The van der Waals surface area contributed by atoms with Crippen LogP contribution >= 0.6 is 0 Å². The van der Waals surface area contributed by atoms with Crippen molar-refractivity contribution in [1.29, 1.82) is 0 Å². The maximum Gasteiger partial charge on any atom is 0.125 e. The van der Waals surface area contributed by atoms with Gasteiger partial charge in [0.2, 0.25) is 0 Å². The molecule has 0 amide bonds. The molecule has 1 saturated heterocycles. The third-order valence-corrected chi connectivity index (χ3v) is 3.00. The molecule has 15 heavy (non-hydrogen) atoms. The number of nitrogens with zero attached hydrogens (tertiary/aromatic N) is 1. The normalized spacial score (nSPS) is 20.9. The number of halogens is 1. The highest BCUT2D eigenvalue weighted by molar-refractivity contribution is 5.47. The summed E-state index contributed by atoms with van der Waals surface area (Å²) < 4.78 is 13.0. The van der Waals surface area contributed by atoms with Gasteiger partial charge in [-0.3, -0.25) is 0 Å². The summed E-state index contributed by atoms with van der Waals surface area (Å²) in [6.07, 6.45) is 1.95. The van der Waals surface area contributed by atoms with Crippen LogP contribution < -0.4 is 4.90 Å². The van der Waals surface area contributed by atoms with E-state index in [-0.39, 0.29) is 12.4 Å². The molecule has 1 aliphatic rings. The fourth-order valence-corrected chi connectivity index (χ4v) is 2.16. The highest BCUT2D eigenvalue weighted by Gasteiger charge is 2.22. The summed E-state index contributed by atoms with van der Waals surface area (Å²) >= 11 is 0. The van der Waals surface area contributed by atoms with E-state index in [4.69, 9.17) is 5.11 Å². The molecular weight excluding hydrogens is 193 g/mol. The quantitative estimate of drug-likeness (QED) is 0.823. The van der Waals surface area contributed by atoms with E-state index in [1.807, 2.05) is 6.07 Å². The largest absolute Gasteiger partial charge is 0.396 e. The lowest BCUT2D eigenvalue weighted by atomic mass is 10.1. The smallest absolute Gasteiger partial charge is 0.125 e. The Morgan fingerprint density at radius 1 is 1.47 bits per heavy atom. The van der Waals surface area contributed by atoms with Crippen molar-refractivity contribution in [2.75, 3.05) is 24.6 Å². The standard InChI is InChI=1S/C12H16FNO/c13-11-2-1-3-12(8-11)14-6-4-10(9-14)5-7-15/h1-3,8,10,15H,4-7,9H2. The molecular formula is C12H16FNO. The first-order valence-corrected chi connectivity index (χ1v) is 5.41. The van der Waals surface area contributed by atoms with E-state index in [0.29, 0.717) is 5.92 Å². The van der Waals surface area contributed by atoms with Crippen LogP contribution in [0, 0.1) is 11.7 Å². The lowest BCUT2D eigenvalue weighted by molar-refractivity contribution is 0.263. The number of hydrogen-bond donors (Lipinski definition) is 1. The Hall–Kier alpha value is -1.09. The predicted molar refractivity (Wildman–Crippen MR) is 58.4 cm³/mol. The Morgan fingerprint density at radius 3 is 3.07 bits per heavy atom. The van der Waals surface area contributed by atoms with Gasteiger partial charge < -0.3 is 10.0 Å². The van der Waals surface area contributed by atoms with Crippen molar-refractivity contribution in [3.63, 3.8) is 0 Å². The molecule has 1 unspecified atom stereocenters. The fourth-order valence-electron chi connectivity index (χ4n) is 2.16. The maximum absolute atomic E-state index is 13.0. The van der Waals surface area contributed by atoms with Crippen molar-refractivity contribution in [2.24, 2.45) is 5.92 Å². The number of aliphatic hydroxyl groups is 1. The van der Waals surface area contributed by atoms with E-state index in [1.165, 1.54) is 6.07 Å². The number of anilines is 1. The minimum atomic E-state index is -0.182. The van der Waals surface area contributed by atoms with Gasteiger partial charge in [-0.2, -0.15) is 0 Å². The van der Waals surface area contributed by atoms with E-state index < -0.39 is 0 Å². The van der Waals surface area contributed by atoms with Crippen LogP contribution in [0.15, 0.2) is 24.3 Å². The number of rotatable bonds is 3. The van der Waals surface area contributed by atoms with Crippen LogP contribution in [0.2, 0.25) is 0 Å². The van der Waals surface area contributed by atoms with E-state index in [9.17, 15) is 4.39 Å². The molecule has 0 radical (unpaired) electrons. The molecule has 1 atom stereocenters. The Labute approximate surface area is 89.3 Å². The van der Waals surface area contributed by atoms with Gasteiger partial charge in [-0.05, 0) is 37.0 Å². The predicted octanol–water partition coefficient (Wildman–Crippen LogP) is 2.03. The molecule has 0 spiro atoms. The zero-order valence-corrected chi connectivity index (χ0v) is 8.69. The molecule has 0 aliphatic carbocycles. The second kappa shape index (κ2) is 4.62. The van der Waals surface area contributed by atoms with E-state index >= 15 is 0 Å². The molecule has 1 heterocycles. The van der Waals surface area contributed by atoms with Gasteiger partial charge in [-0.15, -0.1) is 0 Å². The lowest BCUT2D eigenvalue weighted by Crippen LogP contribution is -2.19. The molecule has 1 N–H and O–H groups in total. The maximum atomic E-state index is 13.0. The Bertz CT molecular complexity index is 329. The van der Waals surface area contributed by atoms with Crippen molar-refractivity contribution >= 4 is 5.69 Å². The second-order valence-corrected chi connectivity index (χ2v) is 4.09. The number of benzene rings is 1. The van der Waals surface area contributed by atoms with E-state index in [1.54, 1.807) is 12.1 Å². The molecule has 1 aromatic carbocycles. The first-order chi connectivity index (χ1) is 7.29. The van der Waals surface area contributed by atoms with E-state index in [2.05, 4.69) is 4.90 Å². The average Bonchev–Trinajstić information content (AvgIpc) is 2.67. The van der Waals surface area contributed by atoms with Gasteiger partial charge in [0, 0.05) is 25.4 Å². The monoisotopic (exact) mass is 209 g/mol. The van der Waals surface area contributed by atoms with Crippen molar-refractivity contribution in [3.05, 3.63) is 30.1 Å². The van der Waals surface area contributed by atoms with Crippen LogP contribution in [0.3, 0.4) is 0 Å². The van der Waals surface area contributed by atoms with Crippen LogP contribution in [0.25, 0.3) is 0 Å². The highest BCUT2D eigenvalue weighted by atomic mass is 19.1. The van der Waals surface area contributed by atoms with Crippen LogP contribution in [0.4, 0.5) is 10.1 Å². The topological polar surface area (TPSA) is 23.5 Å². The summed E-state index contributed by atoms with van der Waals surface area (Å²) in [5.74, 6) is 0.372. The van der Waals surface area contributed by atoms with Crippen LogP contribution in [-0.4, -0.2) is 24.8 Å². The molecule has 2 nitrogen and oxygen atoms in total. The van der Waals surface area contributed by atoms with Crippen LogP contribution in [0.1, 0.15) is 12.8 Å². The first-order valence-electron chi connectivity index (χ1n) is 5.41. The third kappa shape index (κ3) is 2.48. The zero-order valence-electron chi connectivity index (χ0n) is 8.69.